The van der Waals surface area contributed by atoms with Gasteiger partial charge in [-0.3, -0.25) is 4.79 Å². The minimum absolute atomic E-state index is 0.569. The maximum absolute atomic E-state index is 12.0. The number of hydrogen-bond donors (Lipinski definition) is 2. The van der Waals surface area contributed by atoms with Gasteiger partial charge in [0.2, 0.25) is 0 Å². The van der Waals surface area contributed by atoms with Gasteiger partial charge in [-0.1, -0.05) is 60.3 Å². The van der Waals surface area contributed by atoms with Crippen LogP contribution in [0.5, 0.6) is 0 Å². The number of aliphatic carboxylic acids is 1. The molecular formula is C17H17NO4S. The smallest absolute Gasteiger partial charge is 0.361 e. The lowest BCUT2D eigenvalue weighted by Gasteiger charge is -2.33. The Morgan fingerprint density at radius 1 is 1.09 bits per heavy atom. The van der Waals surface area contributed by atoms with Crippen LogP contribution in [0, 0.1) is 0 Å². The lowest BCUT2D eigenvalue weighted by atomic mass is 10.0. The van der Waals surface area contributed by atoms with E-state index in [9.17, 15) is 14.7 Å². The van der Waals surface area contributed by atoms with Crippen LogP contribution in [0.3, 0.4) is 0 Å². The van der Waals surface area contributed by atoms with Gasteiger partial charge >= 0.3 is 11.9 Å². The van der Waals surface area contributed by atoms with Crippen LogP contribution in [0.4, 0.5) is 0 Å². The van der Waals surface area contributed by atoms with Gasteiger partial charge in [-0.15, -0.1) is 0 Å². The highest BCUT2D eigenvalue weighted by molar-refractivity contribution is 8.01. The maximum atomic E-state index is 12.0. The van der Waals surface area contributed by atoms with Crippen molar-refractivity contribution in [3.05, 3.63) is 66.2 Å². The third kappa shape index (κ3) is 3.91. The summed E-state index contributed by atoms with van der Waals surface area (Å²) < 4.78 is 5.22. The van der Waals surface area contributed by atoms with Crippen molar-refractivity contribution in [1.82, 2.24) is 0 Å². The summed E-state index contributed by atoms with van der Waals surface area (Å²) in [5.41, 5.74) is 6.76. The summed E-state index contributed by atoms with van der Waals surface area (Å²) in [6.07, 6.45) is 0. The van der Waals surface area contributed by atoms with Gasteiger partial charge in [-0.25, -0.2) is 4.79 Å². The predicted molar refractivity (Wildman–Crippen MR) is 87.8 cm³/mol. The summed E-state index contributed by atoms with van der Waals surface area (Å²) in [7, 11) is 0. The zero-order valence-electron chi connectivity index (χ0n) is 12.5. The molecule has 3 N–H and O–H groups in total. The summed E-state index contributed by atoms with van der Waals surface area (Å²) in [4.78, 5) is 22.2. The topological polar surface area (TPSA) is 89.6 Å². The molecule has 0 aliphatic rings. The van der Waals surface area contributed by atoms with Crippen molar-refractivity contribution < 1.29 is 19.4 Å². The van der Waals surface area contributed by atoms with Crippen LogP contribution < -0.4 is 5.73 Å². The van der Waals surface area contributed by atoms with Gasteiger partial charge in [0.1, 0.15) is 0 Å². The second-order valence-corrected chi connectivity index (χ2v) is 6.15. The quantitative estimate of drug-likeness (QED) is 0.481. The number of carbonyl (C=O) groups is 2. The first-order valence-electron chi connectivity index (χ1n) is 6.93. The third-order valence-corrected chi connectivity index (χ3v) is 4.50. The van der Waals surface area contributed by atoms with Crippen molar-refractivity contribution in [3.63, 3.8) is 0 Å². The Morgan fingerprint density at radius 2 is 1.61 bits per heavy atom. The average molecular weight is 331 g/mol. The molecule has 0 bridgehead atoms. The highest BCUT2D eigenvalue weighted by Gasteiger charge is 2.50. The lowest BCUT2D eigenvalue weighted by Crippen LogP contribution is -2.48. The molecule has 0 aromatic heterocycles. The van der Waals surface area contributed by atoms with Gasteiger partial charge < -0.3 is 15.6 Å². The molecule has 0 amide bonds. The van der Waals surface area contributed by atoms with E-state index in [-0.39, 0.29) is 0 Å². The summed E-state index contributed by atoms with van der Waals surface area (Å²) in [6, 6.07) is 16.5. The molecule has 0 saturated carbocycles. The van der Waals surface area contributed by atoms with Crippen LogP contribution in [0.25, 0.3) is 0 Å². The first-order valence-corrected chi connectivity index (χ1v) is 7.75. The first-order chi connectivity index (χ1) is 11.0. The molecule has 0 aliphatic heterocycles. The Kier molecular flexibility index (Phi) is 5.41. The normalized spacial score (nSPS) is 14.5. The van der Waals surface area contributed by atoms with E-state index in [2.05, 4.69) is 0 Å². The second kappa shape index (κ2) is 7.30. The fourth-order valence-corrected chi connectivity index (χ4v) is 3.28. The standard InChI is InChI=1S/C17H17NO4S/c1-12(19)22-17(16(20)21,23-14-10-6-3-7-11-14)15(18)13-8-4-2-5-9-13/h2-11,15H,18H2,1H3,(H,20,21)/t15-,17-/m0/s1. The fraction of sp³-hybridized carbons (Fsp3) is 0.176. The summed E-state index contributed by atoms with van der Waals surface area (Å²) in [5.74, 6) is -2.01. The number of hydrogen-bond acceptors (Lipinski definition) is 5. The van der Waals surface area contributed by atoms with Crippen LogP contribution >= 0.6 is 11.8 Å². The molecule has 120 valence electrons. The molecule has 0 unspecified atom stereocenters. The molecule has 0 heterocycles. The number of carbonyl (C=O) groups excluding carboxylic acids is 1. The minimum Gasteiger partial charge on any atom is -0.478 e. The fourth-order valence-electron chi connectivity index (χ4n) is 2.13. The summed E-state index contributed by atoms with van der Waals surface area (Å²) >= 11 is 0.908. The average Bonchev–Trinajstić information content (AvgIpc) is 2.54. The van der Waals surface area contributed by atoms with Crippen molar-refractivity contribution in [2.24, 2.45) is 5.73 Å². The maximum Gasteiger partial charge on any atom is 0.361 e. The van der Waals surface area contributed by atoms with Crippen LogP contribution in [-0.4, -0.2) is 22.0 Å². The highest BCUT2D eigenvalue weighted by atomic mass is 32.2. The third-order valence-electron chi connectivity index (χ3n) is 3.17. The van der Waals surface area contributed by atoms with Crippen LogP contribution in [-0.2, 0) is 14.3 Å². The first kappa shape index (κ1) is 17.1. The number of esters is 1. The van der Waals surface area contributed by atoms with E-state index in [0.717, 1.165) is 11.8 Å². The SMILES string of the molecule is CC(=O)O[C@@](Sc1ccccc1)(C(=O)O)[C@@H](N)c1ccccc1. The van der Waals surface area contributed by atoms with Crippen molar-refractivity contribution in [2.45, 2.75) is 22.8 Å². The van der Waals surface area contributed by atoms with Crippen LogP contribution in [0.15, 0.2) is 65.6 Å². The number of thioether (sulfide) groups is 1. The number of rotatable bonds is 6. The predicted octanol–water partition coefficient (Wildman–Crippen LogP) is 2.82. The van der Waals surface area contributed by atoms with Gasteiger partial charge in [0.25, 0.3) is 4.93 Å². The van der Waals surface area contributed by atoms with E-state index in [1.807, 2.05) is 6.07 Å². The molecule has 2 aromatic rings. The monoisotopic (exact) mass is 331 g/mol. The zero-order valence-corrected chi connectivity index (χ0v) is 13.3. The Hall–Kier alpha value is -2.31. The van der Waals surface area contributed by atoms with E-state index >= 15 is 0 Å². The molecule has 0 fully saturated rings. The molecule has 5 nitrogen and oxygen atoms in total. The van der Waals surface area contributed by atoms with Crippen molar-refractivity contribution in [1.29, 1.82) is 0 Å². The number of carboxylic acid groups (broad SMARTS) is 1. The van der Waals surface area contributed by atoms with Crippen LogP contribution in [0.2, 0.25) is 0 Å². The van der Waals surface area contributed by atoms with Crippen molar-refractivity contribution in [3.8, 4) is 0 Å². The van der Waals surface area contributed by atoms with Crippen molar-refractivity contribution in [2.75, 3.05) is 0 Å². The molecular weight excluding hydrogens is 314 g/mol. The molecule has 0 saturated heterocycles. The molecule has 0 radical (unpaired) electrons. The van der Waals surface area contributed by atoms with Gasteiger partial charge in [0.05, 0.1) is 6.04 Å². The van der Waals surface area contributed by atoms with E-state index in [1.54, 1.807) is 54.6 Å². The number of ether oxygens (including phenoxy) is 1. The Labute approximate surface area is 138 Å². The van der Waals surface area contributed by atoms with E-state index in [1.165, 1.54) is 6.92 Å². The van der Waals surface area contributed by atoms with Crippen molar-refractivity contribution >= 4 is 23.7 Å². The number of benzene rings is 2. The molecule has 0 aliphatic carbocycles. The number of carboxylic acids is 1. The molecule has 23 heavy (non-hydrogen) atoms. The summed E-state index contributed by atoms with van der Waals surface area (Å²) in [6.45, 7) is 1.17. The molecule has 2 rings (SSSR count). The molecule has 0 spiro atoms. The summed E-state index contributed by atoms with van der Waals surface area (Å²) in [5, 5.41) is 9.79. The Balaban J connectivity index is 2.48. The van der Waals surface area contributed by atoms with Gasteiger partial charge in [-0.2, -0.15) is 0 Å². The van der Waals surface area contributed by atoms with Crippen LogP contribution in [0.1, 0.15) is 18.5 Å². The lowest BCUT2D eigenvalue weighted by molar-refractivity contribution is -0.168. The Morgan fingerprint density at radius 3 is 2.09 bits per heavy atom. The molecule has 2 aromatic carbocycles. The Bertz CT molecular complexity index is 678. The second-order valence-electron chi connectivity index (χ2n) is 4.87. The minimum atomic E-state index is -1.95. The molecule has 6 heteroatoms. The highest BCUT2D eigenvalue weighted by Crippen LogP contribution is 2.42. The van der Waals surface area contributed by atoms with E-state index in [0.29, 0.717) is 10.5 Å². The van der Waals surface area contributed by atoms with Gasteiger partial charge in [-0.05, 0) is 17.7 Å². The van der Waals surface area contributed by atoms with E-state index < -0.39 is 22.9 Å². The zero-order chi connectivity index (χ0) is 16.9. The van der Waals surface area contributed by atoms with Gasteiger partial charge in [0, 0.05) is 11.8 Å². The number of nitrogens with two attached hydrogens (primary N) is 1. The largest absolute Gasteiger partial charge is 0.478 e. The molecule has 2 atom stereocenters. The van der Waals surface area contributed by atoms with E-state index in [4.69, 9.17) is 10.5 Å². The van der Waals surface area contributed by atoms with Gasteiger partial charge in [0.15, 0.2) is 0 Å².